The van der Waals surface area contributed by atoms with Crippen LogP contribution < -0.4 is 10.5 Å². The summed E-state index contributed by atoms with van der Waals surface area (Å²) in [6.07, 6.45) is 1.43. The molecule has 0 amide bonds. The molecule has 0 aliphatic carbocycles. The van der Waals surface area contributed by atoms with Crippen LogP contribution in [0, 0.1) is 0 Å². The van der Waals surface area contributed by atoms with Crippen molar-refractivity contribution in [2.75, 3.05) is 12.8 Å². The van der Waals surface area contributed by atoms with Crippen molar-refractivity contribution in [1.82, 2.24) is 9.97 Å². The first-order valence-corrected chi connectivity index (χ1v) is 12.1. The van der Waals surface area contributed by atoms with E-state index < -0.39 is 19.7 Å². The van der Waals surface area contributed by atoms with Crippen molar-refractivity contribution in [2.45, 2.75) is 31.3 Å². The number of methoxy groups -OCH3 is 1. The van der Waals surface area contributed by atoms with Gasteiger partial charge in [-0.3, -0.25) is 9.55 Å². The number of nitrogens with zero attached hydrogens (tertiary/aromatic N) is 2. The van der Waals surface area contributed by atoms with Crippen molar-refractivity contribution in [3.63, 3.8) is 0 Å². The zero-order valence-corrected chi connectivity index (χ0v) is 19.5. The number of benzene rings is 2. The normalized spacial score (nSPS) is 13.4. The van der Waals surface area contributed by atoms with E-state index in [0.717, 1.165) is 28.7 Å². The van der Waals surface area contributed by atoms with Crippen molar-refractivity contribution in [1.29, 1.82) is 0 Å². The highest BCUT2D eigenvalue weighted by molar-refractivity contribution is 7.53. The van der Waals surface area contributed by atoms with Crippen LogP contribution in [-0.2, 0) is 17.4 Å². The molecule has 2 aromatic carbocycles. The lowest BCUT2D eigenvalue weighted by Crippen LogP contribution is -2.19. The van der Waals surface area contributed by atoms with Crippen LogP contribution in [0.4, 0.5) is 14.6 Å². The van der Waals surface area contributed by atoms with Crippen molar-refractivity contribution < 1.29 is 27.9 Å². The molecule has 7 nitrogen and oxygen atoms in total. The van der Waals surface area contributed by atoms with Gasteiger partial charge in [0.15, 0.2) is 5.82 Å². The van der Waals surface area contributed by atoms with Crippen LogP contribution >= 0.6 is 7.60 Å². The first-order chi connectivity index (χ1) is 16.0. The van der Waals surface area contributed by atoms with E-state index in [1.54, 1.807) is 19.4 Å². The molecule has 0 saturated heterocycles. The molecule has 0 saturated carbocycles. The van der Waals surface area contributed by atoms with Crippen molar-refractivity contribution in [3.8, 4) is 5.75 Å². The Morgan fingerprint density at radius 1 is 1.09 bits per heavy atom. The van der Waals surface area contributed by atoms with Gasteiger partial charge in [-0.05, 0) is 53.3 Å². The highest BCUT2D eigenvalue weighted by Crippen LogP contribution is 2.54. The Bertz CT molecular complexity index is 1410. The van der Waals surface area contributed by atoms with Crippen LogP contribution in [0.1, 0.15) is 29.5 Å². The Kier molecular flexibility index (Phi) is 6.29. The Hall–Kier alpha value is -3.13. The molecule has 4 N–H and O–H groups in total. The minimum atomic E-state index is -5.59. The van der Waals surface area contributed by atoms with Crippen LogP contribution in [0.3, 0.4) is 0 Å². The molecule has 1 unspecified atom stereocenters. The maximum absolute atomic E-state index is 13.9. The molecule has 0 radical (unpaired) electrons. The van der Waals surface area contributed by atoms with E-state index >= 15 is 0 Å². The Morgan fingerprint density at radius 3 is 2.41 bits per heavy atom. The van der Waals surface area contributed by atoms with Gasteiger partial charge in [-0.1, -0.05) is 31.2 Å². The zero-order valence-electron chi connectivity index (χ0n) is 18.6. The van der Waals surface area contributed by atoms with E-state index in [4.69, 9.17) is 20.3 Å². The second-order valence-corrected chi connectivity index (χ2v) is 10.1. The molecule has 0 fully saturated rings. The number of hydrogen-bond donors (Lipinski definition) is 3. The average molecular weight is 487 g/mol. The van der Waals surface area contributed by atoms with Gasteiger partial charge >= 0.3 is 13.3 Å². The van der Waals surface area contributed by atoms with Crippen LogP contribution in [-0.4, -0.2) is 32.5 Å². The van der Waals surface area contributed by atoms with E-state index in [1.807, 2.05) is 30.3 Å². The highest BCUT2D eigenvalue weighted by Gasteiger charge is 2.48. The van der Waals surface area contributed by atoms with Crippen molar-refractivity contribution >= 4 is 35.2 Å². The molecule has 0 bridgehead atoms. The van der Waals surface area contributed by atoms with Gasteiger partial charge in [-0.25, -0.2) is 4.98 Å². The molecule has 0 aliphatic heterocycles. The van der Waals surface area contributed by atoms with Gasteiger partial charge in [-0.2, -0.15) is 8.78 Å². The fraction of sp³-hybridized carbons (Fsp3) is 0.250. The fourth-order valence-electron chi connectivity index (χ4n) is 3.93. The van der Waals surface area contributed by atoms with Crippen LogP contribution in [0.5, 0.6) is 5.75 Å². The number of aromatic nitrogens is 2. The lowest BCUT2D eigenvalue weighted by atomic mass is 9.93. The highest BCUT2D eigenvalue weighted by atomic mass is 31.2. The largest absolute Gasteiger partial charge is 0.497 e. The topological polar surface area (TPSA) is 119 Å². The lowest BCUT2D eigenvalue weighted by Gasteiger charge is -2.18. The van der Waals surface area contributed by atoms with Gasteiger partial charge < -0.3 is 20.3 Å². The summed E-state index contributed by atoms with van der Waals surface area (Å²) in [5, 5.41) is 1.40. The van der Waals surface area contributed by atoms with Crippen LogP contribution in [0.25, 0.3) is 21.8 Å². The second-order valence-electron chi connectivity index (χ2n) is 8.35. The summed E-state index contributed by atoms with van der Waals surface area (Å²) < 4.78 is 44.1. The summed E-state index contributed by atoms with van der Waals surface area (Å²) in [6, 6.07) is 14.2. The first-order valence-electron chi connectivity index (χ1n) is 10.5. The van der Waals surface area contributed by atoms with Crippen LogP contribution in [0.2, 0.25) is 0 Å². The number of hydrogen-bond acceptors (Lipinski definition) is 5. The van der Waals surface area contributed by atoms with Gasteiger partial charge in [0, 0.05) is 23.4 Å². The monoisotopic (exact) mass is 487 g/mol. The second kappa shape index (κ2) is 8.91. The minimum Gasteiger partial charge on any atom is -0.497 e. The molecule has 0 aliphatic rings. The molecule has 4 aromatic rings. The number of ether oxygens (including phenoxy) is 1. The summed E-state index contributed by atoms with van der Waals surface area (Å²) in [6.45, 7) is 2.09. The smallest absolute Gasteiger partial charge is 0.394 e. The van der Waals surface area contributed by atoms with Crippen molar-refractivity contribution in [3.05, 3.63) is 71.4 Å². The Balaban J connectivity index is 1.70. The maximum atomic E-state index is 13.9. The zero-order chi connectivity index (χ0) is 24.7. The predicted octanol–water partition coefficient (Wildman–Crippen LogP) is 5.03. The molecule has 4 rings (SSSR count). The number of alkyl halides is 2. The quantitative estimate of drug-likeness (QED) is 0.247. The number of nitrogen functional groups attached to an aromatic ring is 1. The third kappa shape index (κ3) is 4.73. The molecular formula is C24H24F2N3O4P. The van der Waals surface area contributed by atoms with E-state index in [0.29, 0.717) is 16.4 Å². The minimum absolute atomic E-state index is 0.0454. The van der Waals surface area contributed by atoms with E-state index in [9.17, 15) is 13.3 Å². The van der Waals surface area contributed by atoms with E-state index in [-0.39, 0.29) is 17.3 Å². The van der Waals surface area contributed by atoms with Gasteiger partial charge in [0.1, 0.15) is 11.3 Å². The third-order valence-electron chi connectivity index (χ3n) is 5.86. The molecule has 1 atom stereocenters. The summed E-state index contributed by atoms with van der Waals surface area (Å²) in [5.41, 5.74) is 4.94. The number of pyridine rings is 2. The standard InChI is InChI=1S/C24H24F2N3O4P/c1-14(9-15-3-6-18(33-2)7-4-15)17-11-20-19-8-5-16(12-24(25,26)34(30,31)32)10-21(19)29-23(27)22(20)28-13-17/h3-8,10-11,13-14H,9,12H2,1-2H3,(H2,27,29)(H2,30,31,32). The summed E-state index contributed by atoms with van der Waals surface area (Å²) >= 11 is 0. The van der Waals surface area contributed by atoms with Crippen LogP contribution in [0.15, 0.2) is 54.7 Å². The molecule has 2 heterocycles. The number of halogens is 2. The van der Waals surface area contributed by atoms with E-state index in [1.165, 1.54) is 12.1 Å². The van der Waals surface area contributed by atoms with Gasteiger partial charge in [0.25, 0.3) is 0 Å². The third-order valence-corrected chi connectivity index (χ3v) is 6.87. The number of fused-ring (bicyclic) bond motifs is 3. The van der Waals surface area contributed by atoms with Crippen molar-refractivity contribution in [2.24, 2.45) is 0 Å². The SMILES string of the molecule is COc1ccc(CC(C)c2cnc3c(N)nc4cc(CC(F)(F)P(=O)(O)O)ccc4c3c2)cc1. The van der Waals surface area contributed by atoms with E-state index in [2.05, 4.69) is 16.9 Å². The lowest BCUT2D eigenvalue weighted by molar-refractivity contribution is 0.0595. The molecule has 34 heavy (non-hydrogen) atoms. The number of anilines is 1. The molecule has 2 aromatic heterocycles. The molecular weight excluding hydrogens is 463 g/mol. The number of nitrogens with two attached hydrogens (primary N) is 1. The van der Waals surface area contributed by atoms with Gasteiger partial charge in [0.05, 0.1) is 12.6 Å². The summed E-state index contributed by atoms with van der Waals surface area (Å²) in [4.78, 5) is 26.6. The van der Waals surface area contributed by atoms with Gasteiger partial charge in [0.2, 0.25) is 0 Å². The molecule has 10 heteroatoms. The fourth-order valence-corrected chi connectivity index (χ4v) is 4.32. The molecule has 178 valence electrons. The Morgan fingerprint density at radius 2 is 1.76 bits per heavy atom. The average Bonchev–Trinajstić information content (AvgIpc) is 2.78. The number of rotatable bonds is 7. The Labute approximate surface area is 194 Å². The summed E-state index contributed by atoms with van der Waals surface area (Å²) in [7, 11) is -3.97. The maximum Gasteiger partial charge on any atom is 0.394 e. The van der Waals surface area contributed by atoms with Gasteiger partial charge in [-0.15, -0.1) is 0 Å². The first kappa shape index (κ1) is 24.0. The molecule has 0 spiro atoms. The predicted molar refractivity (Wildman–Crippen MR) is 127 cm³/mol. The summed E-state index contributed by atoms with van der Waals surface area (Å²) in [5.74, 6) is 1.07.